The number of nitrogens with one attached hydrogen (secondary N) is 2. The fourth-order valence-electron chi connectivity index (χ4n) is 1.73. The Labute approximate surface area is 98.7 Å². The number of carbonyl (C=O) groups is 1. The number of hydrogen-bond acceptors (Lipinski definition) is 2. The molecule has 88 valence electrons. The number of fused-ring (bicyclic) bond motifs is 1. The molecule has 17 heavy (non-hydrogen) atoms. The summed E-state index contributed by atoms with van der Waals surface area (Å²) in [6.45, 7) is 3.76. The Kier molecular flexibility index (Phi) is 2.95. The second kappa shape index (κ2) is 4.41. The van der Waals surface area contributed by atoms with Crippen LogP contribution in [-0.2, 0) is 0 Å². The van der Waals surface area contributed by atoms with Crippen LogP contribution >= 0.6 is 0 Å². The number of carbonyl (C=O) groups excluding carboxylic acids is 1. The summed E-state index contributed by atoms with van der Waals surface area (Å²) in [5.74, 6) is -0.220. The Morgan fingerprint density at radius 1 is 1.29 bits per heavy atom. The maximum atomic E-state index is 12.0. The Balaban J connectivity index is 2.60. The molecule has 2 rings (SSSR count). The quantitative estimate of drug-likeness (QED) is 0.824. The van der Waals surface area contributed by atoms with Gasteiger partial charge in [0.25, 0.3) is 5.91 Å². The highest BCUT2D eigenvalue weighted by molar-refractivity contribution is 6.05. The number of para-hydroxylation sites is 1. The van der Waals surface area contributed by atoms with E-state index < -0.39 is 0 Å². The van der Waals surface area contributed by atoms with E-state index in [0.717, 1.165) is 5.39 Å². The smallest absolute Gasteiger partial charge is 0.252 e. The number of rotatable bonds is 2. The Morgan fingerprint density at radius 3 is 2.71 bits per heavy atom. The highest BCUT2D eigenvalue weighted by Gasteiger charge is 2.11. The second-order valence-electron chi connectivity index (χ2n) is 4.22. The van der Waals surface area contributed by atoms with E-state index in [1.807, 2.05) is 32.0 Å². The van der Waals surface area contributed by atoms with Crippen molar-refractivity contribution in [1.82, 2.24) is 10.3 Å². The lowest BCUT2D eigenvalue weighted by Crippen LogP contribution is -2.31. The van der Waals surface area contributed by atoms with Crippen molar-refractivity contribution in [3.05, 3.63) is 46.2 Å². The van der Waals surface area contributed by atoms with Gasteiger partial charge in [-0.05, 0) is 19.9 Å². The maximum Gasteiger partial charge on any atom is 0.252 e. The van der Waals surface area contributed by atoms with Crippen LogP contribution in [0.25, 0.3) is 10.9 Å². The molecule has 0 aliphatic rings. The molecule has 0 spiro atoms. The van der Waals surface area contributed by atoms with Gasteiger partial charge in [0.2, 0.25) is 5.56 Å². The van der Waals surface area contributed by atoms with E-state index in [0.29, 0.717) is 11.1 Å². The fourth-order valence-corrected chi connectivity index (χ4v) is 1.73. The van der Waals surface area contributed by atoms with Gasteiger partial charge in [0.05, 0.1) is 5.56 Å². The number of aromatic nitrogens is 1. The summed E-state index contributed by atoms with van der Waals surface area (Å²) in [6.07, 6.45) is 0. The highest BCUT2D eigenvalue weighted by atomic mass is 16.2. The zero-order valence-corrected chi connectivity index (χ0v) is 9.78. The van der Waals surface area contributed by atoms with Gasteiger partial charge < -0.3 is 10.3 Å². The van der Waals surface area contributed by atoms with Crippen LogP contribution in [0.4, 0.5) is 0 Å². The highest BCUT2D eigenvalue weighted by Crippen LogP contribution is 2.14. The minimum absolute atomic E-state index is 0.0422. The average Bonchev–Trinajstić information content (AvgIpc) is 2.26. The fraction of sp³-hybridized carbons (Fsp3) is 0.231. The monoisotopic (exact) mass is 230 g/mol. The molecule has 1 aromatic heterocycles. The largest absolute Gasteiger partial charge is 0.350 e. The van der Waals surface area contributed by atoms with Gasteiger partial charge in [0.15, 0.2) is 0 Å². The van der Waals surface area contributed by atoms with Gasteiger partial charge >= 0.3 is 0 Å². The van der Waals surface area contributed by atoms with Gasteiger partial charge in [-0.3, -0.25) is 9.59 Å². The third kappa shape index (κ3) is 2.36. The predicted molar refractivity (Wildman–Crippen MR) is 67.2 cm³/mol. The molecule has 4 nitrogen and oxygen atoms in total. The average molecular weight is 230 g/mol. The lowest BCUT2D eigenvalue weighted by Gasteiger charge is -2.10. The molecule has 0 fully saturated rings. The van der Waals surface area contributed by atoms with Crippen molar-refractivity contribution < 1.29 is 4.79 Å². The molecular weight excluding hydrogens is 216 g/mol. The van der Waals surface area contributed by atoms with E-state index in [-0.39, 0.29) is 17.5 Å². The number of H-pyrrole nitrogens is 1. The first-order chi connectivity index (χ1) is 8.08. The molecule has 0 bridgehead atoms. The maximum absolute atomic E-state index is 12.0. The summed E-state index contributed by atoms with van der Waals surface area (Å²) in [5.41, 5.74) is 0.824. The molecule has 0 atom stereocenters. The van der Waals surface area contributed by atoms with E-state index in [2.05, 4.69) is 10.3 Å². The number of hydrogen-bond donors (Lipinski definition) is 2. The first kappa shape index (κ1) is 11.4. The molecule has 0 radical (unpaired) electrons. The summed E-state index contributed by atoms with van der Waals surface area (Å²) in [4.78, 5) is 26.1. The molecule has 0 unspecified atom stereocenters. The standard InChI is InChI=1S/C13H14N2O2/c1-8(2)14-13(17)10-7-12(16)15-11-6-4-3-5-9(10)11/h3-8H,1-2H3,(H,14,17)(H,15,16). The minimum atomic E-state index is -0.266. The lowest BCUT2D eigenvalue weighted by molar-refractivity contribution is 0.0944. The number of pyridine rings is 1. The van der Waals surface area contributed by atoms with Crippen LogP contribution in [0.15, 0.2) is 35.1 Å². The van der Waals surface area contributed by atoms with Crippen molar-refractivity contribution >= 4 is 16.8 Å². The third-order valence-electron chi connectivity index (χ3n) is 2.41. The zero-order valence-electron chi connectivity index (χ0n) is 9.78. The summed E-state index contributed by atoms with van der Waals surface area (Å²) < 4.78 is 0. The molecular formula is C13H14N2O2. The summed E-state index contributed by atoms with van der Waals surface area (Å²) in [7, 11) is 0. The first-order valence-electron chi connectivity index (χ1n) is 5.51. The number of aromatic amines is 1. The molecule has 1 amide bonds. The predicted octanol–water partition coefficient (Wildman–Crippen LogP) is 1.67. The van der Waals surface area contributed by atoms with Gasteiger partial charge in [-0.15, -0.1) is 0 Å². The number of benzene rings is 1. The Morgan fingerprint density at radius 2 is 2.00 bits per heavy atom. The van der Waals surface area contributed by atoms with Crippen LogP contribution in [0.3, 0.4) is 0 Å². The normalized spacial score (nSPS) is 10.8. The molecule has 4 heteroatoms. The third-order valence-corrected chi connectivity index (χ3v) is 2.41. The van der Waals surface area contributed by atoms with Crippen LogP contribution < -0.4 is 10.9 Å². The lowest BCUT2D eigenvalue weighted by atomic mass is 10.1. The van der Waals surface area contributed by atoms with Gasteiger partial charge in [-0.1, -0.05) is 18.2 Å². The summed E-state index contributed by atoms with van der Waals surface area (Å²) in [6, 6.07) is 8.64. The molecule has 0 saturated heterocycles. The molecule has 2 aromatic rings. The van der Waals surface area contributed by atoms with E-state index in [4.69, 9.17) is 0 Å². The second-order valence-corrected chi connectivity index (χ2v) is 4.22. The minimum Gasteiger partial charge on any atom is -0.350 e. The number of amides is 1. The van der Waals surface area contributed by atoms with Crippen molar-refractivity contribution in [2.75, 3.05) is 0 Å². The van der Waals surface area contributed by atoms with E-state index in [9.17, 15) is 9.59 Å². The van der Waals surface area contributed by atoms with Crippen molar-refractivity contribution in [3.63, 3.8) is 0 Å². The van der Waals surface area contributed by atoms with E-state index in [1.54, 1.807) is 6.07 Å². The van der Waals surface area contributed by atoms with Crippen molar-refractivity contribution in [2.45, 2.75) is 19.9 Å². The van der Waals surface area contributed by atoms with Crippen molar-refractivity contribution in [3.8, 4) is 0 Å². The first-order valence-corrected chi connectivity index (χ1v) is 5.51. The van der Waals surface area contributed by atoms with E-state index >= 15 is 0 Å². The summed E-state index contributed by atoms with van der Waals surface area (Å²) in [5, 5.41) is 3.54. The van der Waals surface area contributed by atoms with Crippen molar-refractivity contribution in [2.24, 2.45) is 0 Å². The zero-order chi connectivity index (χ0) is 12.4. The summed E-state index contributed by atoms with van der Waals surface area (Å²) >= 11 is 0. The van der Waals surface area contributed by atoms with Gasteiger partial charge in [0.1, 0.15) is 0 Å². The topological polar surface area (TPSA) is 62.0 Å². The molecule has 0 saturated carbocycles. The molecule has 0 aliphatic heterocycles. The molecule has 0 aliphatic carbocycles. The molecule has 2 N–H and O–H groups in total. The van der Waals surface area contributed by atoms with Crippen LogP contribution in [0, 0.1) is 0 Å². The van der Waals surface area contributed by atoms with Crippen molar-refractivity contribution in [1.29, 1.82) is 0 Å². The van der Waals surface area contributed by atoms with Crippen LogP contribution in [0.5, 0.6) is 0 Å². The van der Waals surface area contributed by atoms with Crippen LogP contribution in [0.1, 0.15) is 24.2 Å². The Hall–Kier alpha value is -2.10. The van der Waals surface area contributed by atoms with Gasteiger partial charge in [-0.25, -0.2) is 0 Å². The van der Waals surface area contributed by atoms with Crippen LogP contribution in [-0.4, -0.2) is 16.9 Å². The molecule has 1 aromatic carbocycles. The van der Waals surface area contributed by atoms with E-state index in [1.165, 1.54) is 6.07 Å². The Bertz CT molecular complexity index is 614. The molecule has 1 heterocycles. The van der Waals surface area contributed by atoms with Gasteiger partial charge in [0, 0.05) is 23.0 Å². The SMILES string of the molecule is CC(C)NC(=O)c1cc(=O)[nH]c2ccccc12. The van der Waals surface area contributed by atoms with Crippen LogP contribution in [0.2, 0.25) is 0 Å². The van der Waals surface area contributed by atoms with Gasteiger partial charge in [-0.2, -0.15) is 0 Å².